The van der Waals surface area contributed by atoms with Crippen LogP contribution in [0.1, 0.15) is 37.7 Å². The molecule has 0 unspecified atom stereocenters. The molecule has 1 heterocycles. The Hall–Kier alpha value is -1.75. The first-order valence-electron chi connectivity index (χ1n) is 7.82. The van der Waals surface area contributed by atoms with Crippen LogP contribution < -0.4 is 20.7 Å². The molecule has 1 fully saturated rings. The van der Waals surface area contributed by atoms with E-state index in [1.807, 2.05) is 18.2 Å². The van der Waals surface area contributed by atoms with Gasteiger partial charge in [-0.2, -0.15) is 0 Å². The van der Waals surface area contributed by atoms with E-state index >= 15 is 0 Å². The van der Waals surface area contributed by atoms with E-state index in [0.29, 0.717) is 25.7 Å². The summed E-state index contributed by atoms with van der Waals surface area (Å²) in [5.74, 6) is 0.753. The largest absolute Gasteiger partial charge is 0.490 e. The number of hydrogen-bond acceptors (Lipinski definition) is 3. The molecule has 1 aliphatic heterocycles. The quantitative estimate of drug-likeness (QED) is 0.878. The third-order valence-electron chi connectivity index (χ3n) is 4.30. The van der Waals surface area contributed by atoms with Crippen LogP contribution in [0.15, 0.2) is 18.2 Å². The maximum atomic E-state index is 12.5. The van der Waals surface area contributed by atoms with Crippen molar-refractivity contribution in [1.82, 2.24) is 5.32 Å². The van der Waals surface area contributed by atoms with E-state index in [-0.39, 0.29) is 6.03 Å². The maximum absolute atomic E-state index is 12.5. The molecular formula is C16H23N3O2. The zero-order chi connectivity index (χ0) is 14.7. The second-order valence-corrected chi connectivity index (χ2v) is 5.79. The van der Waals surface area contributed by atoms with Crippen LogP contribution in [0.4, 0.5) is 10.5 Å². The van der Waals surface area contributed by atoms with Gasteiger partial charge in [0.25, 0.3) is 0 Å². The number of carbonyl (C=O) groups excluding carboxylic acids is 1. The van der Waals surface area contributed by atoms with Crippen molar-refractivity contribution in [2.24, 2.45) is 5.73 Å². The summed E-state index contributed by atoms with van der Waals surface area (Å²) in [6, 6.07) is 6.12. The van der Waals surface area contributed by atoms with Gasteiger partial charge in [0.05, 0.1) is 12.2 Å². The fourth-order valence-corrected chi connectivity index (χ4v) is 3.10. The average Bonchev–Trinajstić information content (AvgIpc) is 2.54. The van der Waals surface area contributed by atoms with E-state index in [2.05, 4.69) is 5.32 Å². The lowest BCUT2D eigenvalue weighted by molar-refractivity contribution is 0.232. The first kappa shape index (κ1) is 14.2. The SMILES string of the molecule is NCc1ccc2c(c1)OCCN2C(=O)NC1CCCCC1. The monoisotopic (exact) mass is 289 g/mol. The van der Waals surface area contributed by atoms with Crippen LogP contribution in [0.2, 0.25) is 0 Å². The van der Waals surface area contributed by atoms with Crippen molar-refractivity contribution in [3.8, 4) is 5.75 Å². The van der Waals surface area contributed by atoms with E-state index in [4.69, 9.17) is 10.5 Å². The minimum absolute atomic E-state index is 0.00746. The zero-order valence-corrected chi connectivity index (χ0v) is 12.3. The number of urea groups is 1. The predicted molar refractivity (Wildman–Crippen MR) is 82.6 cm³/mol. The number of ether oxygens (including phenoxy) is 1. The highest BCUT2D eigenvalue weighted by molar-refractivity contribution is 5.94. The van der Waals surface area contributed by atoms with Gasteiger partial charge in [-0.25, -0.2) is 4.79 Å². The lowest BCUT2D eigenvalue weighted by Crippen LogP contribution is -2.48. The highest BCUT2D eigenvalue weighted by atomic mass is 16.5. The van der Waals surface area contributed by atoms with Gasteiger partial charge in [-0.3, -0.25) is 4.90 Å². The molecule has 0 bridgehead atoms. The molecule has 21 heavy (non-hydrogen) atoms. The molecule has 3 rings (SSSR count). The number of hydrogen-bond donors (Lipinski definition) is 2. The molecule has 1 aromatic rings. The van der Waals surface area contributed by atoms with Gasteiger partial charge in [-0.1, -0.05) is 25.3 Å². The van der Waals surface area contributed by atoms with Gasteiger partial charge in [0.15, 0.2) is 0 Å². The molecule has 5 heteroatoms. The van der Waals surface area contributed by atoms with Crippen molar-refractivity contribution in [3.63, 3.8) is 0 Å². The normalized spacial score (nSPS) is 18.8. The van der Waals surface area contributed by atoms with Crippen LogP contribution in [0, 0.1) is 0 Å². The molecule has 114 valence electrons. The Morgan fingerprint density at radius 3 is 2.90 bits per heavy atom. The van der Waals surface area contributed by atoms with Crippen LogP contribution in [0.25, 0.3) is 0 Å². The van der Waals surface area contributed by atoms with E-state index < -0.39 is 0 Å². The number of nitrogens with zero attached hydrogens (tertiary/aromatic N) is 1. The number of anilines is 1. The van der Waals surface area contributed by atoms with Gasteiger partial charge in [-0.05, 0) is 30.5 Å². The smallest absolute Gasteiger partial charge is 0.322 e. The standard InChI is InChI=1S/C16H23N3O2/c17-11-12-6-7-14-15(10-12)21-9-8-19(14)16(20)18-13-4-2-1-3-5-13/h6-7,10,13H,1-5,8-9,11,17H2,(H,18,20). The Kier molecular flexibility index (Phi) is 4.29. The Bertz CT molecular complexity index is 512. The molecule has 5 nitrogen and oxygen atoms in total. The molecule has 3 N–H and O–H groups in total. The Labute approximate surface area is 125 Å². The third-order valence-corrected chi connectivity index (χ3v) is 4.30. The minimum Gasteiger partial charge on any atom is -0.490 e. The molecule has 1 aromatic carbocycles. The van der Waals surface area contributed by atoms with Crippen molar-refractivity contribution in [2.75, 3.05) is 18.1 Å². The lowest BCUT2D eigenvalue weighted by Gasteiger charge is -2.32. The summed E-state index contributed by atoms with van der Waals surface area (Å²) in [6.07, 6.45) is 5.90. The number of rotatable bonds is 2. The number of benzene rings is 1. The molecule has 2 aliphatic rings. The summed E-state index contributed by atoms with van der Waals surface area (Å²) in [5, 5.41) is 3.16. The summed E-state index contributed by atoms with van der Waals surface area (Å²) in [5.41, 5.74) is 7.51. The summed E-state index contributed by atoms with van der Waals surface area (Å²) in [7, 11) is 0. The number of nitrogens with one attached hydrogen (secondary N) is 1. The van der Waals surface area contributed by atoms with Gasteiger partial charge in [0, 0.05) is 12.6 Å². The van der Waals surface area contributed by atoms with Gasteiger partial charge in [0.1, 0.15) is 12.4 Å². The molecule has 0 spiro atoms. The number of fused-ring (bicyclic) bond motifs is 1. The summed E-state index contributed by atoms with van der Waals surface area (Å²) in [6.45, 7) is 1.59. The molecule has 1 aliphatic carbocycles. The van der Waals surface area contributed by atoms with Crippen LogP contribution in [-0.2, 0) is 6.54 Å². The molecular weight excluding hydrogens is 266 g/mol. The second kappa shape index (κ2) is 6.35. The second-order valence-electron chi connectivity index (χ2n) is 5.79. The molecule has 2 amide bonds. The topological polar surface area (TPSA) is 67.6 Å². The Morgan fingerprint density at radius 1 is 1.33 bits per heavy atom. The fourth-order valence-electron chi connectivity index (χ4n) is 3.10. The van der Waals surface area contributed by atoms with Crippen molar-refractivity contribution in [3.05, 3.63) is 23.8 Å². The number of nitrogens with two attached hydrogens (primary N) is 1. The third kappa shape index (κ3) is 3.13. The Morgan fingerprint density at radius 2 is 2.14 bits per heavy atom. The van der Waals surface area contributed by atoms with Gasteiger partial charge in [-0.15, -0.1) is 0 Å². The molecule has 0 atom stereocenters. The maximum Gasteiger partial charge on any atom is 0.322 e. The molecule has 0 radical (unpaired) electrons. The van der Waals surface area contributed by atoms with Crippen molar-refractivity contribution < 1.29 is 9.53 Å². The van der Waals surface area contributed by atoms with Gasteiger partial charge >= 0.3 is 6.03 Å². The van der Waals surface area contributed by atoms with Crippen molar-refractivity contribution in [1.29, 1.82) is 0 Å². The van der Waals surface area contributed by atoms with E-state index in [1.165, 1.54) is 19.3 Å². The highest BCUT2D eigenvalue weighted by Crippen LogP contribution is 2.32. The van der Waals surface area contributed by atoms with E-state index in [1.54, 1.807) is 4.90 Å². The van der Waals surface area contributed by atoms with E-state index in [0.717, 1.165) is 29.8 Å². The minimum atomic E-state index is -0.00746. The van der Waals surface area contributed by atoms with Gasteiger partial charge in [0.2, 0.25) is 0 Å². The predicted octanol–water partition coefficient (Wildman–Crippen LogP) is 2.39. The van der Waals surface area contributed by atoms with Gasteiger partial charge < -0.3 is 15.8 Å². The fraction of sp³-hybridized carbons (Fsp3) is 0.562. The summed E-state index contributed by atoms with van der Waals surface area (Å²) in [4.78, 5) is 14.3. The summed E-state index contributed by atoms with van der Waals surface area (Å²) >= 11 is 0. The average molecular weight is 289 g/mol. The van der Waals surface area contributed by atoms with Crippen LogP contribution in [-0.4, -0.2) is 25.2 Å². The highest BCUT2D eigenvalue weighted by Gasteiger charge is 2.26. The molecule has 1 saturated carbocycles. The van der Waals surface area contributed by atoms with E-state index in [9.17, 15) is 4.79 Å². The Balaban J connectivity index is 1.73. The lowest BCUT2D eigenvalue weighted by atomic mass is 9.96. The molecule has 0 saturated heterocycles. The van der Waals surface area contributed by atoms with Crippen molar-refractivity contribution >= 4 is 11.7 Å². The van der Waals surface area contributed by atoms with Crippen molar-refractivity contribution in [2.45, 2.75) is 44.7 Å². The zero-order valence-electron chi connectivity index (χ0n) is 12.3. The van der Waals surface area contributed by atoms with Crippen LogP contribution in [0.5, 0.6) is 5.75 Å². The van der Waals surface area contributed by atoms with Crippen LogP contribution >= 0.6 is 0 Å². The molecule has 0 aromatic heterocycles. The summed E-state index contributed by atoms with van der Waals surface area (Å²) < 4.78 is 5.66. The van der Waals surface area contributed by atoms with Crippen LogP contribution in [0.3, 0.4) is 0 Å². The number of amides is 2. The first-order chi connectivity index (χ1) is 10.3. The first-order valence-corrected chi connectivity index (χ1v) is 7.82. The number of carbonyl (C=O) groups is 1.